The normalized spacial score (nSPS) is 21.9. The van der Waals surface area contributed by atoms with Crippen LogP contribution in [0.3, 0.4) is 0 Å². The summed E-state index contributed by atoms with van der Waals surface area (Å²) in [6.45, 7) is 9.02. The van der Waals surface area contributed by atoms with Gasteiger partial charge in [-0.3, -0.25) is 9.89 Å². The number of rotatable bonds is 5. The van der Waals surface area contributed by atoms with Crippen molar-refractivity contribution in [3.05, 3.63) is 30.6 Å². The number of fused-ring (bicyclic) bond motifs is 1. The van der Waals surface area contributed by atoms with Gasteiger partial charge >= 0.3 is 0 Å². The Bertz CT molecular complexity index is 759. The molecule has 0 saturated carbocycles. The molecule has 1 aromatic heterocycles. The fourth-order valence-corrected chi connectivity index (χ4v) is 4.04. The molecular formula is C20H30N6O. The molecule has 1 atom stereocenters. The Labute approximate surface area is 161 Å². The molecule has 7 heteroatoms. The Morgan fingerprint density at radius 2 is 2.11 bits per heavy atom. The molecule has 2 aliphatic rings. The minimum Gasteiger partial charge on any atom is -0.381 e. The number of nitrogens with zero attached hydrogens (tertiary/aromatic N) is 5. The van der Waals surface area contributed by atoms with Crippen molar-refractivity contribution >= 4 is 17.0 Å². The highest BCUT2D eigenvalue weighted by Crippen LogP contribution is 2.15. The molecule has 2 saturated heterocycles. The van der Waals surface area contributed by atoms with Gasteiger partial charge in [-0.2, -0.15) is 0 Å². The van der Waals surface area contributed by atoms with Gasteiger partial charge < -0.3 is 19.5 Å². The lowest BCUT2D eigenvalue weighted by Crippen LogP contribution is -2.53. The maximum absolute atomic E-state index is 5.50. The van der Waals surface area contributed by atoms with Gasteiger partial charge in [-0.1, -0.05) is 12.1 Å². The molecular weight excluding hydrogens is 340 g/mol. The van der Waals surface area contributed by atoms with E-state index in [-0.39, 0.29) is 0 Å². The molecule has 1 N–H and O–H groups in total. The van der Waals surface area contributed by atoms with Crippen LogP contribution in [0.2, 0.25) is 0 Å². The predicted octanol–water partition coefficient (Wildman–Crippen LogP) is 1.27. The van der Waals surface area contributed by atoms with Crippen LogP contribution in [0.15, 0.2) is 35.6 Å². The van der Waals surface area contributed by atoms with Crippen molar-refractivity contribution in [2.24, 2.45) is 10.9 Å². The highest BCUT2D eigenvalue weighted by molar-refractivity contribution is 5.80. The fraction of sp³-hybridized carbons (Fsp3) is 0.600. The lowest BCUT2D eigenvalue weighted by molar-refractivity contribution is 0.139. The average Bonchev–Trinajstić information content (AvgIpc) is 3.36. The van der Waals surface area contributed by atoms with E-state index in [1.54, 1.807) is 0 Å². The number of benzene rings is 1. The quantitative estimate of drug-likeness (QED) is 0.634. The van der Waals surface area contributed by atoms with Crippen molar-refractivity contribution in [1.82, 2.24) is 24.7 Å². The number of para-hydroxylation sites is 2. The van der Waals surface area contributed by atoms with Crippen molar-refractivity contribution in [2.75, 3.05) is 59.5 Å². The summed E-state index contributed by atoms with van der Waals surface area (Å²) in [5.41, 5.74) is 2.23. The first kappa shape index (κ1) is 18.3. The average molecular weight is 371 g/mol. The zero-order valence-corrected chi connectivity index (χ0v) is 16.2. The molecule has 27 heavy (non-hydrogen) atoms. The molecule has 2 aliphatic heterocycles. The summed E-state index contributed by atoms with van der Waals surface area (Å²) in [6.07, 6.45) is 3.13. The third kappa shape index (κ3) is 4.42. The van der Waals surface area contributed by atoms with Gasteiger partial charge in [0.1, 0.15) is 0 Å². The summed E-state index contributed by atoms with van der Waals surface area (Å²) in [5.74, 6) is 1.72. The van der Waals surface area contributed by atoms with Crippen LogP contribution in [0, 0.1) is 5.92 Å². The van der Waals surface area contributed by atoms with Gasteiger partial charge in [-0.25, -0.2) is 4.98 Å². The first-order chi connectivity index (χ1) is 13.3. The number of ether oxygens (including phenoxy) is 1. The highest BCUT2D eigenvalue weighted by Gasteiger charge is 2.23. The van der Waals surface area contributed by atoms with Crippen molar-refractivity contribution in [2.45, 2.75) is 13.0 Å². The number of piperazine rings is 1. The van der Waals surface area contributed by atoms with E-state index < -0.39 is 0 Å². The zero-order valence-electron chi connectivity index (χ0n) is 16.2. The Kier molecular flexibility index (Phi) is 5.89. The van der Waals surface area contributed by atoms with E-state index in [4.69, 9.17) is 4.74 Å². The van der Waals surface area contributed by atoms with Gasteiger partial charge in [0.05, 0.1) is 24.0 Å². The summed E-state index contributed by atoms with van der Waals surface area (Å²) in [7, 11) is 1.87. The molecule has 3 heterocycles. The van der Waals surface area contributed by atoms with Crippen LogP contribution in [0.25, 0.3) is 11.0 Å². The molecule has 0 radical (unpaired) electrons. The van der Waals surface area contributed by atoms with E-state index in [9.17, 15) is 0 Å². The molecule has 0 amide bonds. The number of aromatic nitrogens is 2. The minimum atomic E-state index is 0.721. The van der Waals surface area contributed by atoms with Crippen LogP contribution >= 0.6 is 0 Å². The van der Waals surface area contributed by atoms with Gasteiger partial charge in [0.25, 0.3) is 0 Å². The molecule has 4 rings (SSSR count). The zero-order chi connectivity index (χ0) is 18.5. The summed E-state index contributed by atoms with van der Waals surface area (Å²) in [5, 5.41) is 3.52. The van der Waals surface area contributed by atoms with Gasteiger partial charge in [-0.05, 0) is 24.5 Å². The van der Waals surface area contributed by atoms with Crippen LogP contribution in [-0.2, 0) is 11.3 Å². The number of nitrogens with one attached hydrogen (secondary N) is 1. The summed E-state index contributed by atoms with van der Waals surface area (Å²) in [4.78, 5) is 13.9. The van der Waals surface area contributed by atoms with E-state index in [1.807, 2.05) is 19.4 Å². The van der Waals surface area contributed by atoms with Crippen molar-refractivity contribution in [3.63, 3.8) is 0 Å². The lowest BCUT2D eigenvalue weighted by atomic mass is 10.1. The molecule has 2 aromatic rings. The maximum Gasteiger partial charge on any atom is 0.193 e. The van der Waals surface area contributed by atoms with Crippen LogP contribution in [0.1, 0.15) is 6.42 Å². The standard InChI is InChI=1S/C20H30N6O/c1-21-20(22-7-8-26-16-23-18-4-2-3-5-19(18)26)25-11-9-24(10-12-25)14-17-6-13-27-15-17/h2-5,16-17H,6-15H2,1H3,(H,21,22). The molecule has 2 fully saturated rings. The topological polar surface area (TPSA) is 57.9 Å². The minimum absolute atomic E-state index is 0.721. The summed E-state index contributed by atoms with van der Waals surface area (Å²) >= 11 is 0. The van der Waals surface area contributed by atoms with Crippen molar-refractivity contribution in [1.29, 1.82) is 0 Å². The van der Waals surface area contributed by atoms with E-state index in [0.29, 0.717) is 0 Å². The van der Waals surface area contributed by atoms with Gasteiger partial charge in [0.15, 0.2) is 5.96 Å². The second kappa shape index (κ2) is 8.71. The molecule has 0 aliphatic carbocycles. The molecule has 1 aromatic carbocycles. The number of imidazole rings is 1. The lowest BCUT2D eigenvalue weighted by Gasteiger charge is -2.37. The summed E-state index contributed by atoms with van der Waals surface area (Å²) < 4.78 is 7.70. The van der Waals surface area contributed by atoms with Crippen molar-refractivity contribution < 1.29 is 4.74 Å². The molecule has 146 valence electrons. The van der Waals surface area contributed by atoms with Crippen molar-refractivity contribution in [3.8, 4) is 0 Å². The number of aliphatic imine (C=N–C) groups is 1. The molecule has 0 bridgehead atoms. The molecule has 0 spiro atoms. The van der Waals surface area contributed by atoms with Gasteiger partial charge in [-0.15, -0.1) is 0 Å². The van der Waals surface area contributed by atoms with Gasteiger partial charge in [0.2, 0.25) is 0 Å². The maximum atomic E-state index is 5.50. The van der Waals surface area contributed by atoms with Crippen LogP contribution in [-0.4, -0.2) is 84.8 Å². The van der Waals surface area contributed by atoms with Crippen LogP contribution < -0.4 is 5.32 Å². The third-order valence-electron chi connectivity index (χ3n) is 5.59. The number of hydrogen-bond acceptors (Lipinski definition) is 4. The van der Waals surface area contributed by atoms with Gasteiger partial charge in [0, 0.05) is 59.5 Å². The van der Waals surface area contributed by atoms with E-state index in [0.717, 1.165) is 69.9 Å². The first-order valence-electron chi connectivity index (χ1n) is 9.99. The monoisotopic (exact) mass is 370 g/mol. The van der Waals surface area contributed by atoms with Crippen LogP contribution in [0.5, 0.6) is 0 Å². The highest BCUT2D eigenvalue weighted by atomic mass is 16.5. The Hall–Kier alpha value is -2.12. The SMILES string of the molecule is CN=C(NCCn1cnc2ccccc21)N1CCN(CC2CCOC2)CC1. The largest absolute Gasteiger partial charge is 0.381 e. The number of hydrogen-bond donors (Lipinski definition) is 1. The first-order valence-corrected chi connectivity index (χ1v) is 9.99. The Morgan fingerprint density at radius 1 is 1.26 bits per heavy atom. The second-order valence-corrected chi connectivity index (χ2v) is 7.42. The second-order valence-electron chi connectivity index (χ2n) is 7.42. The van der Waals surface area contributed by atoms with E-state index in [1.165, 1.54) is 18.5 Å². The predicted molar refractivity (Wildman–Crippen MR) is 108 cm³/mol. The van der Waals surface area contributed by atoms with E-state index >= 15 is 0 Å². The Balaban J connectivity index is 1.23. The molecule has 1 unspecified atom stereocenters. The van der Waals surface area contributed by atoms with E-state index in [2.05, 4.69) is 47.9 Å². The smallest absolute Gasteiger partial charge is 0.193 e. The molecule has 7 nitrogen and oxygen atoms in total. The fourth-order valence-electron chi connectivity index (χ4n) is 4.04. The summed E-state index contributed by atoms with van der Waals surface area (Å²) in [6, 6.07) is 8.25. The Morgan fingerprint density at radius 3 is 2.89 bits per heavy atom. The third-order valence-corrected chi connectivity index (χ3v) is 5.59. The van der Waals surface area contributed by atoms with Crippen LogP contribution in [0.4, 0.5) is 0 Å². The number of guanidine groups is 1.